The number of halogens is 11. The zero-order valence-corrected chi connectivity index (χ0v) is 82.1. The first-order chi connectivity index (χ1) is 68.4. The molecule has 5 saturated heterocycles. The molecule has 25 atom stereocenters. The first-order valence-corrected chi connectivity index (χ1v) is 49.1. The Morgan fingerprint density at radius 2 is 0.510 bits per heavy atom. The molecule has 10 aromatic rings. The van der Waals surface area contributed by atoms with Crippen molar-refractivity contribution in [3.05, 3.63) is 326 Å². The van der Waals surface area contributed by atoms with Gasteiger partial charge in [0.15, 0.2) is 0 Å². The van der Waals surface area contributed by atoms with Gasteiger partial charge in [0.25, 0.3) is 0 Å². The van der Waals surface area contributed by atoms with E-state index in [9.17, 15) is 140 Å². The molecule has 0 bridgehead atoms. The second kappa shape index (κ2) is 53.7. The molecule has 21 N–H and O–H groups in total. The monoisotopic (exact) mass is 2180 g/mol. The van der Waals surface area contributed by atoms with Crippen molar-refractivity contribution in [1.82, 2.24) is 0 Å². The SMILES string of the molecule is CCOc1ccc(Cc2cc([C@@H]3O[C@H](CO)[C@@H](O)[C@H](O)[C@H]3O)ccc2Cl)cc1.Cc1ccc(Cc2cc([C@@H]3O[C@H](CO)[C@@H](O)[C@H](O)[C@H]3O)ccc2Cl)cc1.O=S(=O)(F)F.O=S(=O)(F)Oc1ccc(Cc2cc([C@@H]3O[C@H](CO)[C@@H](O)[C@H](O)[C@H]3O)ccc2Cl)cc1.OC[C@H]1O[C@@H](c2ccc(Cl)c(Cc3ccc(O)cc3)c2)[C@H](O)[C@@H](O)[C@@H]1O.OC[C@H]1O[C@@H](c2ccc(Cl)c(Cc3ccc(OC(F)(F)F)cc3)c2)[C@H](O)[C@@H](O)[C@@H]1O. The smallest absolute Gasteiger partial charge is 0.508 e. The standard InChI is InChI=1S/C21H25ClO6.C20H20ClF3O6.C20H23ClO5.C19H20ClFO8S.C19H21ClO6.F2O2S/c1-2-27-15-6-3-12(4-7-15)9-14-10-13(5-8-16(14)22)21-20(26)19(25)18(24)17(11-23)28-21;21-14-6-3-11(19-18(28)17(27)16(26)15(9-25)29-19)8-12(14)7-10-1-4-13(5-2-10)30-20(22,23)24;1-11-2-4-12(5-3-11)8-14-9-13(6-7-15(14)21)20-19(25)18(24)17(23)16(10-22)26-20;20-14-6-3-11(19-18(25)17(24)16(23)15(9-22)28-19)8-12(14)7-10-1-4-13(5-2-10)29-30(21,26)27;20-14-6-3-11(8-12(14)7-10-1-4-13(22)5-2-10)19-18(25)17(24)16(23)15(9-21)26-19;1-5(2,3)4/h3-8,10,17-21,23-26H,2,9,11H2,1H3;1-6,8,15-19,25-28H,7,9H2;2-7,9,16-20,22-25H,8,10H2,1H3;1-6,8,15-19,22-25H,7,9H2;1-6,8,15-19,21-25H,7,9H2;/t17-,18-,19+,20-,21+;15-,16-,17+,18-,19+;16-,17-,18+,19-,20+;2*15-,16-,17+,18-,19+;/m11111./s1. The Balaban J connectivity index is 0.000000184. The van der Waals surface area contributed by atoms with Crippen molar-refractivity contribution in [2.75, 3.05) is 39.6 Å². The van der Waals surface area contributed by atoms with Gasteiger partial charge >= 0.3 is 27.5 Å². The molecule has 46 heteroatoms. The molecule has 5 heterocycles. The van der Waals surface area contributed by atoms with Gasteiger partial charge in [-0.15, -0.1) is 13.2 Å². The molecular weight excluding hydrogens is 2070 g/mol. The Morgan fingerprint density at radius 3 is 0.717 bits per heavy atom. The number of phenolic OH excluding ortho intramolecular Hbond substituents is 1. The van der Waals surface area contributed by atoms with Gasteiger partial charge in [0.1, 0.15) is 176 Å². The number of aliphatic hydroxyl groups excluding tert-OH is 20. The maximum Gasteiger partial charge on any atom is 0.573 e. The summed E-state index contributed by atoms with van der Waals surface area (Å²) in [6.07, 6.45) is -33.2. The minimum atomic E-state index is -5.67. The minimum absolute atomic E-state index is 0.176. The highest BCUT2D eigenvalue weighted by atomic mass is 35.5. The summed E-state index contributed by atoms with van der Waals surface area (Å²) in [5, 5.41) is 210. The lowest BCUT2D eigenvalue weighted by Gasteiger charge is -2.40. The van der Waals surface area contributed by atoms with Crippen LogP contribution in [-0.2, 0) is 76.9 Å². The van der Waals surface area contributed by atoms with Gasteiger partial charge in [-0.2, -0.15) is 16.8 Å². The maximum absolute atomic E-state index is 12.6. The van der Waals surface area contributed by atoms with Crippen LogP contribution >= 0.6 is 58.0 Å². The van der Waals surface area contributed by atoms with Crippen LogP contribution in [0.1, 0.15) is 126 Å². The number of aryl methyl sites for hydroxylation is 1. The fourth-order valence-electron chi connectivity index (χ4n) is 16.3. The molecule has 15 rings (SSSR count). The number of phenols is 1. The molecule has 0 saturated carbocycles. The molecule has 10 aromatic carbocycles. The van der Waals surface area contributed by atoms with Crippen LogP contribution < -0.4 is 13.7 Å². The highest BCUT2D eigenvalue weighted by Crippen LogP contribution is 2.43. The number of hydrogen-bond donors (Lipinski definition) is 21. The summed E-state index contributed by atoms with van der Waals surface area (Å²) in [7, 11) is -10.8. The van der Waals surface area contributed by atoms with E-state index >= 15 is 0 Å². The first-order valence-electron chi connectivity index (χ1n) is 44.6. The predicted octanol–water partition coefficient (Wildman–Crippen LogP) is 8.30. The third-order valence-electron chi connectivity index (χ3n) is 24.0. The van der Waals surface area contributed by atoms with Crippen molar-refractivity contribution in [3.63, 3.8) is 0 Å². The molecule has 33 nitrogen and oxygen atoms in total. The Bertz CT molecular complexity index is 5890. The van der Waals surface area contributed by atoms with Crippen molar-refractivity contribution in [2.24, 2.45) is 0 Å². The summed E-state index contributed by atoms with van der Waals surface area (Å²) in [5.41, 5.74) is 12.1. The zero-order valence-electron chi connectivity index (χ0n) is 76.7. The Kier molecular flexibility index (Phi) is 43.7. The van der Waals surface area contributed by atoms with Gasteiger partial charge in [0, 0.05) is 25.1 Å². The molecule has 0 unspecified atom stereocenters. The summed E-state index contributed by atoms with van der Waals surface area (Å²) in [6.45, 7) is 2.08. The zero-order chi connectivity index (χ0) is 107. The Hall–Kier alpha value is -8.67. The predicted molar refractivity (Wildman–Crippen MR) is 513 cm³/mol. The van der Waals surface area contributed by atoms with Crippen LogP contribution in [0.5, 0.6) is 23.0 Å². The van der Waals surface area contributed by atoms with Crippen LogP contribution in [0.4, 0.5) is 24.8 Å². The summed E-state index contributed by atoms with van der Waals surface area (Å²) in [4.78, 5) is 0. The molecule has 0 radical (unpaired) electrons. The van der Waals surface area contributed by atoms with Crippen molar-refractivity contribution in [2.45, 2.75) is 205 Å². The fraction of sp³-hybridized carbons (Fsp3) is 0.394. The quantitative estimate of drug-likeness (QED) is 0.0189. The van der Waals surface area contributed by atoms with E-state index in [4.69, 9.17) is 94.8 Å². The van der Waals surface area contributed by atoms with Gasteiger partial charge in [-0.25, -0.2) is 0 Å². The van der Waals surface area contributed by atoms with Crippen molar-refractivity contribution in [3.8, 4) is 23.0 Å². The molecule has 5 aliphatic heterocycles. The number of ether oxygens (including phenoxy) is 7. The van der Waals surface area contributed by atoms with Crippen LogP contribution in [-0.4, -0.2) is 292 Å². The summed E-state index contributed by atoms with van der Waals surface area (Å²) >= 11 is 31.5. The van der Waals surface area contributed by atoms with E-state index in [2.05, 4.69) is 8.92 Å². The summed E-state index contributed by atoms with van der Waals surface area (Å²) in [5.74, 6) is 0.456. The van der Waals surface area contributed by atoms with Crippen LogP contribution in [0.15, 0.2) is 212 Å². The highest BCUT2D eigenvalue weighted by Gasteiger charge is 2.49. The topological polar surface area (TPSA) is 567 Å². The molecule has 0 spiro atoms. The van der Waals surface area contributed by atoms with Gasteiger partial charge in [0.2, 0.25) is 0 Å². The van der Waals surface area contributed by atoms with Gasteiger partial charge in [-0.1, -0.05) is 209 Å². The second-order valence-electron chi connectivity index (χ2n) is 34.3. The third-order valence-corrected chi connectivity index (χ3v) is 26.2. The van der Waals surface area contributed by atoms with E-state index in [0.717, 1.165) is 39.1 Å². The lowest BCUT2D eigenvalue weighted by Crippen LogP contribution is -2.55. The van der Waals surface area contributed by atoms with Crippen LogP contribution in [0.3, 0.4) is 0 Å². The normalized spacial score (nSPS) is 27.3. The number of aliphatic hydroxyl groups is 20. The fourth-order valence-corrected chi connectivity index (χ4v) is 17.6. The third kappa shape index (κ3) is 33.2. The van der Waals surface area contributed by atoms with Crippen molar-refractivity contribution >= 4 is 79.1 Å². The van der Waals surface area contributed by atoms with Crippen molar-refractivity contribution < 1.29 is 186 Å². The minimum Gasteiger partial charge on any atom is -0.508 e. The first kappa shape index (κ1) is 118. The number of alkyl halides is 3. The molecule has 5 fully saturated rings. The summed E-state index contributed by atoms with van der Waals surface area (Å²) in [6, 6.07) is 58.8. The van der Waals surface area contributed by atoms with Gasteiger partial charge in [0.05, 0.1) is 39.6 Å². The molecule has 145 heavy (non-hydrogen) atoms. The van der Waals surface area contributed by atoms with Gasteiger partial charge in [-0.3, -0.25) is 0 Å². The molecule has 0 amide bonds. The number of rotatable bonds is 25. The van der Waals surface area contributed by atoms with E-state index in [0.29, 0.717) is 107 Å². The van der Waals surface area contributed by atoms with E-state index in [1.165, 1.54) is 54.1 Å². The van der Waals surface area contributed by atoms with E-state index in [1.54, 1.807) is 103 Å². The van der Waals surface area contributed by atoms with Crippen LogP contribution in [0.25, 0.3) is 0 Å². The molecule has 0 aliphatic carbocycles. The maximum atomic E-state index is 12.6. The van der Waals surface area contributed by atoms with Gasteiger partial charge in [-0.05, 0) is 208 Å². The average molecular weight is 2180 g/mol. The van der Waals surface area contributed by atoms with Gasteiger partial charge < -0.3 is 145 Å². The largest absolute Gasteiger partial charge is 0.573 e. The number of benzene rings is 10. The Labute approximate surface area is 854 Å². The average Bonchev–Trinajstić information content (AvgIpc) is 0.804. The molecule has 0 aromatic heterocycles. The molecule has 792 valence electrons. The Morgan fingerprint density at radius 1 is 0.303 bits per heavy atom. The van der Waals surface area contributed by atoms with Crippen LogP contribution in [0.2, 0.25) is 25.1 Å². The number of hydrogen-bond acceptors (Lipinski definition) is 33. The van der Waals surface area contributed by atoms with E-state index < -0.39 is 213 Å². The van der Waals surface area contributed by atoms with E-state index in [1.807, 2.05) is 74.5 Å². The van der Waals surface area contributed by atoms with Crippen LogP contribution in [0, 0.1) is 6.92 Å². The number of aromatic hydroxyl groups is 1. The highest BCUT2D eigenvalue weighted by molar-refractivity contribution is 7.81. The lowest BCUT2D eigenvalue weighted by molar-refractivity contribution is -0.274. The second-order valence-corrected chi connectivity index (χ2v) is 38.1. The summed E-state index contributed by atoms with van der Waals surface area (Å²) < 4.78 is 148. The lowest BCUT2D eigenvalue weighted by atomic mass is 9.90. The molecular formula is C99H109Cl5F6O33S2. The van der Waals surface area contributed by atoms with Crippen molar-refractivity contribution in [1.29, 1.82) is 0 Å². The van der Waals surface area contributed by atoms with E-state index in [-0.39, 0.29) is 23.7 Å². The molecule has 5 aliphatic rings.